The van der Waals surface area contributed by atoms with Crippen molar-refractivity contribution in [1.82, 2.24) is 4.98 Å². The molecule has 2 N–H and O–H groups in total. The van der Waals surface area contributed by atoms with E-state index < -0.39 is 0 Å². The molecule has 0 aliphatic carbocycles. The van der Waals surface area contributed by atoms with Crippen LogP contribution in [-0.2, 0) is 0 Å². The summed E-state index contributed by atoms with van der Waals surface area (Å²) in [5, 5.41) is 4.17. The van der Waals surface area contributed by atoms with Crippen molar-refractivity contribution in [3.63, 3.8) is 0 Å². The number of para-hydroxylation sites is 1. The first-order chi connectivity index (χ1) is 11.5. The van der Waals surface area contributed by atoms with Crippen molar-refractivity contribution in [1.29, 1.82) is 0 Å². The molecule has 0 aliphatic heterocycles. The number of amides is 1. The minimum atomic E-state index is -0.0981. The zero-order valence-electron chi connectivity index (χ0n) is 14.7. The number of hydrogen-bond donors (Lipinski definition) is 2. The highest BCUT2D eigenvalue weighted by molar-refractivity contribution is 6.06. The highest BCUT2D eigenvalue weighted by Crippen LogP contribution is 2.27. The number of carbonyl (C=O) groups excluding carboxylic acids is 1. The number of aryl methyl sites for hydroxylation is 2. The second-order valence-electron chi connectivity index (χ2n) is 6.58. The van der Waals surface area contributed by atoms with Crippen molar-refractivity contribution >= 4 is 22.5 Å². The summed E-state index contributed by atoms with van der Waals surface area (Å²) in [7, 11) is 0. The summed E-state index contributed by atoms with van der Waals surface area (Å²) in [5.74, 6) is 0.313. The van der Waals surface area contributed by atoms with E-state index in [1.807, 2.05) is 24.3 Å². The number of aromatic amines is 1. The molecule has 0 saturated carbocycles. The van der Waals surface area contributed by atoms with Crippen LogP contribution >= 0.6 is 0 Å². The first kappa shape index (κ1) is 16.3. The Hall–Kier alpha value is -2.55. The third-order valence-corrected chi connectivity index (χ3v) is 4.69. The minimum Gasteiger partial charge on any atom is -0.351 e. The molecule has 3 rings (SSSR count). The summed E-state index contributed by atoms with van der Waals surface area (Å²) in [6, 6.07) is 14.2. The van der Waals surface area contributed by atoms with Gasteiger partial charge in [-0.1, -0.05) is 38.1 Å². The first-order valence-corrected chi connectivity index (χ1v) is 8.49. The van der Waals surface area contributed by atoms with E-state index in [9.17, 15) is 4.79 Å². The number of aromatic nitrogens is 1. The molecule has 3 nitrogen and oxygen atoms in total. The third-order valence-electron chi connectivity index (χ3n) is 4.69. The van der Waals surface area contributed by atoms with Crippen molar-refractivity contribution in [2.24, 2.45) is 0 Å². The fraction of sp³-hybridized carbons (Fsp3) is 0.286. The van der Waals surface area contributed by atoms with E-state index in [2.05, 4.69) is 56.2 Å². The molecule has 124 valence electrons. The zero-order valence-corrected chi connectivity index (χ0v) is 14.7. The number of nitrogens with one attached hydrogen (secondary N) is 2. The lowest BCUT2D eigenvalue weighted by Gasteiger charge is -2.15. The van der Waals surface area contributed by atoms with E-state index in [1.54, 1.807) is 0 Å². The summed E-state index contributed by atoms with van der Waals surface area (Å²) >= 11 is 0. The molecular formula is C21H24N2O. The van der Waals surface area contributed by atoms with Gasteiger partial charge in [-0.05, 0) is 61.1 Å². The molecule has 1 heterocycles. The number of H-pyrrole nitrogens is 1. The van der Waals surface area contributed by atoms with Gasteiger partial charge in [-0.2, -0.15) is 0 Å². The van der Waals surface area contributed by atoms with Crippen molar-refractivity contribution in [2.75, 3.05) is 5.32 Å². The standard InChI is InChI=1S/C21H24N2O/c1-5-14(3)16-8-6-7-9-18(16)23-21(24)20-12-17-15(4)10-13(2)11-19(17)22-20/h6-12,14,22H,5H2,1-4H3,(H,23,24). The molecule has 0 aliphatic rings. The maximum Gasteiger partial charge on any atom is 0.272 e. The van der Waals surface area contributed by atoms with Crippen LogP contribution in [0.25, 0.3) is 10.9 Å². The zero-order chi connectivity index (χ0) is 17.3. The van der Waals surface area contributed by atoms with Crippen LogP contribution in [0.1, 0.15) is 53.4 Å². The van der Waals surface area contributed by atoms with Crippen molar-refractivity contribution < 1.29 is 4.79 Å². The van der Waals surface area contributed by atoms with Crippen molar-refractivity contribution in [2.45, 2.75) is 40.0 Å². The molecule has 3 heteroatoms. The highest BCUT2D eigenvalue weighted by Gasteiger charge is 2.14. The summed E-state index contributed by atoms with van der Waals surface area (Å²) in [6.07, 6.45) is 1.04. The van der Waals surface area contributed by atoms with Gasteiger partial charge in [0, 0.05) is 16.6 Å². The van der Waals surface area contributed by atoms with Crippen LogP contribution < -0.4 is 5.32 Å². The van der Waals surface area contributed by atoms with E-state index in [4.69, 9.17) is 0 Å². The van der Waals surface area contributed by atoms with E-state index in [-0.39, 0.29) is 5.91 Å². The number of carbonyl (C=O) groups is 1. The first-order valence-electron chi connectivity index (χ1n) is 8.49. The molecule has 1 aromatic heterocycles. The second kappa shape index (κ2) is 6.52. The Morgan fingerprint density at radius 3 is 2.67 bits per heavy atom. The Balaban J connectivity index is 1.92. The fourth-order valence-electron chi connectivity index (χ4n) is 3.17. The van der Waals surface area contributed by atoms with Crippen molar-refractivity contribution in [3.05, 3.63) is 64.8 Å². The molecule has 3 aromatic rings. The maximum atomic E-state index is 12.7. The van der Waals surface area contributed by atoms with Gasteiger partial charge in [0.15, 0.2) is 0 Å². The van der Waals surface area contributed by atoms with Crippen LogP contribution in [-0.4, -0.2) is 10.9 Å². The van der Waals surface area contributed by atoms with Gasteiger partial charge < -0.3 is 10.3 Å². The SMILES string of the molecule is CCC(C)c1ccccc1NC(=O)c1cc2c(C)cc(C)cc2[nH]1. The predicted molar refractivity (Wildman–Crippen MR) is 101 cm³/mol. The average Bonchev–Trinajstić information content (AvgIpc) is 2.99. The van der Waals surface area contributed by atoms with Gasteiger partial charge >= 0.3 is 0 Å². The summed E-state index contributed by atoms with van der Waals surface area (Å²) in [6.45, 7) is 8.48. The number of anilines is 1. The van der Waals surface area contributed by atoms with Crippen molar-refractivity contribution in [3.8, 4) is 0 Å². The van der Waals surface area contributed by atoms with E-state index >= 15 is 0 Å². The molecule has 1 atom stereocenters. The minimum absolute atomic E-state index is 0.0981. The lowest BCUT2D eigenvalue weighted by molar-refractivity contribution is 0.102. The monoisotopic (exact) mass is 320 g/mol. The Kier molecular flexibility index (Phi) is 4.43. The summed E-state index contributed by atoms with van der Waals surface area (Å²) < 4.78 is 0. The molecular weight excluding hydrogens is 296 g/mol. The largest absolute Gasteiger partial charge is 0.351 e. The lowest BCUT2D eigenvalue weighted by atomic mass is 9.97. The van der Waals surface area contributed by atoms with Gasteiger partial charge in [-0.3, -0.25) is 4.79 Å². The normalized spacial score (nSPS) is 12.3. The average molecular weight is 320 g/mol. The third kappa shape index (κ3) is 3.07. The second-order valence-corrected chi connectivity index (χ2v) is 6.58. The van der Waals surface area contributed by atoms with Gasteiger partial charge in [-0.15, -0.1) is 0 Å². The van der Waals surface area contributed by atoms with E-state index in [1.165, 1.54) is 16.7 Å². The van der Waals surface area contributed by atoms with Crippen LogP contribution in [0.15, 0.2) is 42.5 Å². The Labute approximate surface area is 143 Å². The van der Waals surface area contributed by atoms with Gasteiger partial charge in [0.05, 0.1) is 0 Å². The van der Waals surface area contributed by atoms with Crippen LogP contribution in [0.3, 0.4) is 0 Å². The fourth-order valence-corrected chi connectivity index (χ4v) is 3.17. The lowest BCUT2D eigenvalue weighted by Crippen LogP contribution is -2.14. The van der Waals surface area contributed by atoms with Crippen LogP contribution in [0.5, 0.6) is 0 Å². The molecule has 0 radical (unpaired) electrons. The summed E-state index contributed by atoms with van der Waals surface area (Å²) in [5.41, 5.74) is 6.04. The number of fused-ring (bicyclic) bond motifs is 1. The quantitative estimate of drug-likeness (QED) is 0.650. The smallest absolute Gasteiger partial charge is 0.272 e. The van der Waals surface area contributed by atoms with Gasteiger partial charge in [0.25, 0.3) is 5.91 Å². The number of rotatable bonds is 4. The highest BCUT2D eigenvalue weighted by atomic mass is 16.1. The molecule has 0 bridgehead atoms. The van der Waals surface area contributed by atoms with Gasteiger partial charge in [0.1, 0.15) is 5.69 Å². The Morgan fingerprint density at radius 2 is 1.92 bits per heavy atom. The van der Waals surface area contributed by atoms with E-state index in [0.717, 1.165) is 23.0 Å². The Morgan fingerprint density at radius 1 is 1.17 bits per heavy atom. The van der Waals surface area contributed by atoms with E-state index in [0.29, 0.717) is 11.6 Å². The molecule has 1 unspecified atom stereocenters. The molecule has 2 aromatic carbocycles. The molecule has 1 amide bonds. The van der Waals surface area contributed by atoms with Crippen LogP contribution in [0, 0.1) is 13.8 Å². The molecule has 24 heavy (non-hydrogen) atoms. The van der Waals surface area contributed by atoms with Crippen LogP contribution in [0.2, 0.25) is 0 Å². The number of hydrogen-bond acceptors (Lipinski definition) is 1. The molecule has 0 fully saturated rings. The Bertz CT molecular complexity index is 892. The summed E-state index contributed by atoms with van der Waals surface area (Å²) in [4.78, 5) is 15.9. The van der Waals surface area contributed by atoms with Crippen LogP contribution in [0.4, 0.5) is 5.69 Å². The maximum absolute atomic E-state index is 12.7. The molecule has 0 spiro atoms. The number of benzene rings is 2. The van der Waals surface area contributed by atoms with Gasteiger partial charge in [-0.25, -0.2) is 0 Å². The molecule has 0 saturated heterocycles. The topological polar surface area (TPSA) is 44.9 Å². The predicted octanol–water partition coefficient (Wildman–Crippen LogP) is 5.55. The van der Waals surface area contributed by atoms with Gasteiger partial charge in [0.2, 0.25) is 0 Å².